The Morgan fingerprint density at radius 1 is 1.64 bits per heavy atom. The summed E-state index contributed by atoms with van der Waals surface area (Å²) in [5.74, 6) is 0. The maximum absolute atomic E-state index is 5.96. The zero-order valence-corrected chi connectivity index (χ0v) is 8.74. The minimum absolute atomic E-state index is 0.362. The molecule has 1 aliphatic rings. The fraction of sp³-hybridized carbons (Fsp3) is 0.636. The van der Waals surface area contributed by atoms with Gasteiger partial charge in [-0.05, 0) is 38.4 Å². The van der Waals surface area contributed by atoms with Crippen molar-refractivity contribution >= 4 is 0 Å². The highest BCUT2D eigenvalue weighted by Gasteiger charge is 2.22. The van der Waals surface area contributed by atoms with Gasteiger partial charge in [0.1, 0.15) is 0 Å². The van der Waals surface area contributed by atoms with Crippen molar-refractivity contribution in [2.75, 3.05) is 13.1 Å². The van der Waals surface area contributed by atoms with Gasteiger partial charge in [0.2, 0.25) is 0 Å². The smallest absolute Gasteiger partial charge is 0.0470 e. The maximum Gasteiger partial charge on any atom is 0.0470 e. The van der Waals surface area contributed by atoms with Gasteiger partial charge in [0.25, 0.3) is 0 Å². The topological polar surface area (TPSA) is 45.0 Å². The highest BCUT2D eigenvalue weighted by molar-refractivity contribution is 5.08. The lowest BCUT2D eigenvalue weighted by Crippen LogP contribution is -2.43. The number of rotatable bonds is 2. The summed E-state index contributed by atoms with van der Waals surface area (Å²) in [4.78, 5) is 5.72. The summed E-state index contributed by atoms with van der Waals surface area (Å²) in [6, 6.07) is 5.03. The Morgan fingerprint density at radius 3 is 3.14 bits per heavy atom. The van der Waals surface area contributed by atoms with Crippen LogP contribution in [-0.4, -0.2) is 29.0 Å². The van der Waals surface area contributed by atoms with Crippen molar-refractivity contribution in [3.63, 3.8) is 0 Å². The van der Waals surface area contributed by atoms with E-state index in [1.807, 2.05) is 6.20 Å². The van der Waals surface area contributed by atoms with Crippen molar-refractivity contribution in [1.82, 2.24) is 9.88 Å². The summed E-state index contributed by atoms with van der Waals surface area (Å²) in [7, 11) is 0. The molecule has 1 aromatic rings. The number of nitrogens with two attached hydrogens (primary N) is 1. The van der Waals surface area contributed by atoms with Crippen LogP contribution in [0.5, 0.6) is 0 Å². The van der Waals surface area contributed by atoms with E-state index in [0.29, 0.717) is 12.1 Å². The summed E-state index contributed by atoms with van der Waals surface area (Å²) in [5, 5.41) is 0. The van der Waals surface area contributed by atoms with Crippen molar-refractivity contribution in [3.05, 3.63) is 24.0 Å². The molecule has 0 saturated carbocycles. The summed E-state index contributed by atoms with van der Waals surface area (Å²) >= 11 is 0. The highest BCUT2D eigenvalue weighted by atomic mass is 15.2. The van der Waals surface area contributed by atoms with Gasteiger partial charge in [-0.2, -0.15) is 0 Å². The molecule has 0 amide bonds. The van der Waals surface area contributed by atoms with Crippen LogP contribution in [-0.2, 0) is 0 Å². The molecule has 0 spiro atoms. The van der Waals surface area contributed by atoms with Crippen LogP contribution in [0.2, 0.25) is 0 Å². The standard InChI is InChI=1S/C11H19N3/c1-9(11-5-2-6-13-11)14-7-3-4-10(12)8-14/h2,5-6,9-10,13H,3-4,7-8,12H2,1H3/t9-,10-/m0/s1. The summed E-state index contributed by atoms with van der Waals surface area (Å²) in [5.41, 5.74) is 7.26. The minimum atomic E-state index is 0.362. The van der Waals surface area contributed by atoms with Gasteiger partial charge < -0.3 is 10.7 Å². The van der Waals surface area contributed by atoms with Crippen LogP contribution in [0.4, 0.5) is 0 Å². The average molecular weight is 193 g/mol. The number of hydrogen-bond acceptors (Lipinski definition) is 2. The lowest BCUT2D eigenvalue weighted by Gasteiger charge is -2.34. The second kappa shape index (κ2) is 4.15. The largest absolute Gasteiger partial charge is 0.364 e. The molecule has 14 heavy (non-hydrogen) atoms. The molecule has 1 aliphatic heterocycles. The lowest BCUT2D eigenvalue weighted by molar-refractivity contribution is 0.157. The van der Waals surface area contributed by atoms with E-state index < -0.39 is 0 Å². The van der Waals surface area contributed by atoms with Crippen LogP contribution in [0.1, 0.15) is 31.5 Å². The van der Waals surface area contributed by atoms with Crippen molar-refractivity contribution in [2.24, 2.45) is 5.73 Å². The number of likely N-dealkylation sites (tertiary alicyclic amines) is 1. The molecule has 1 aromatic heterocycles. The molecule has 0 radical (unpaired) electrons. The van der Waals surface area contributed by atoms with Gasteiger partial charge in [0, 0.05) is 30.5 Å². The Hall–Kier alpha value is -0.800. The van der Waals surface area contributed by atoms with Gasteiger partial charge in [0.05, 0.1) is 0 Å². The monoisotopic (exact) mass is 193 g/mol. The SMILES string of the molecule is C[C@@H](c1ccc[nH]1)N1CCC[C@H](N)C1. The maximum atomic E-state index is 5.96. The van der Waals surface area contributed by atoms with Gasteiger partial charge >= 0.3 is 0 Å². The molecule has 2 rings (SSSR count). The van der Waals surface area contributed by atoms with Crippen LogP contribution in [0.15, 0.2) is 18.3 Å². The fourth-order valence-electron chi connectivity index (χ4n) is 2.19. The van der Waals surface area contributed by atoms with Gasteiger partial charge in [-0.1, -0.05) is 0 Å². The Morgan fingerprint density at radius 2 is 2.50 bits per heavy atom. The first-order chi connectivity index (χ1) is 6.77. The van der Waals surface area contributed by atoms with Crippen molar-refractivity contribution < 1.29 is 0 Å². The van der Waals surface area contributed by atoms with Gasteiger partial charge in [-0.3, -0.25) is 4.90 Å². The van der Waals surface area contributed by atoms with Crippen LogP contribution in [0, 0.1) is 0 Å². The first-order valence-electron chi connectivity index (χ1n) is 5.40. The molecule has 1 fully saturated rings. The molecule has 78 valence electrons. The first-order valence-corrected chi connectivity index (χ1v) is 5.40. The van der Waals surface area contributed by atoms with E-state index in [0.717, 1.165) is 6.54 Å². The molecule has 3 nitrogen and oxygen atoms in total. The normalized spacial score (nSPS) is 26.3. The molecule has 2 atom stereocenters. The van der Waals surface area contributed by atoms with E-state index in [4.69, 9.17) is 5.73 Å². The summed E-state index contributed by atoms with van der Waals surface area (Å²) in [6.45, 7) is 4.44. The number of aromatic nitrogens is 1. The summed E-state index contributed by atoms with van der Waals surface area (Å²) < 4.78 is 0. The predicted octanol–water partition coefficient (Wildman–Crippen LogP) is 1.50. The Labute approximate surface area is 85.3 Å². The van der Waals surface area contributed by atoms with Crippen LogP contribution in [0.3, 0.4) is 0 Å². The molecule has 0 unspecified atom stereocenters. The third-order valence-electron chi connectivity index (χ3n) is 3.11. The van der Waals surface area contributed by atoms with E-state index in [2.05, 4.69) is 28.9 Å². The lowest BCUT2D eigenvalue weighted by atomic mass is 10.0. The molecule has 0 bridgehead atoms. The van der Waals surface area contributed by atoms with Crippen molar-refractivity contribution in [1.29, 1.82) is 0 Å². The van der Waals surface area contributed by atoms with E-state index in [1.54, 1.807) is 0 Å². The van der Waals surface area contributed by atoms with Crippen molar-refractivity contribution in [2.45, 2.75) is 31.8 Å². The van der Waals surface area contributed by atoms with E-state index in [9.17, 15) is 0 Å². The van der Waals surface area contributed by atoms with E-state index in [-0.39, 0.29) is 0 Å². The van der Waals surface area contributed by atoms with Crippen LogP contribution in [0.25, 0.3) is 0 Å². The second-order valence-electron chi connectivity index (χ2n) is 4.20. The number of piperidine rings is 1. The molecular formula is C11H19N3. The molecule has 3 N–H and O–H groups in total. The van der Waals surface area contributed by atoms with Gasteiger partial charge in [-0.25, -0.2) is 0 Å². The second-order valence-corrected chi connectivity index (χ2v) is 4.20. The number of aromatic amines is 1. The van der Waals surface area contributed by atoms with Crippen LogP contribution < -0.4 is 5.73 Å². The van der Waals surface area contributed by atoms with Crippen molar-refractivity contribution in [3.8, 4) is 0 Å². The summed E-state index contributed by atoms with van der Waals surface area (Å²) in [6.07, 6.45) is 4.38. The molecule has 1 saturated heterocycles. The van der Waals surface area contributed by atoms with E-state index in [1.165, 1.54) is 25.1 Å². The number of H-pyrrole nitrogens is 1. The van der Waals surface area contributed by atoms with Crippen LogP contribution >= 0.6 is 0 Å². The van der Waals surface area contributed by atoms with Gasteiger partial charge in [-0.15, -0.1) is 0 Å². The Balaban J connectivity index is 2.00. The Bertz CT molecular complexity index is 268. The zero-order chi connectivity index (χ0) is 9.97. The highest BCUT2D eigenvalue weighted by Crippen LogP contribution is 2.22. The number of nitrogens with zero attached hydrogens (tertiary/aromatic N) is 1. The quantitative estimate of drug-likeness (QED) is 0.747. The predicted molar refractivity (Wildman–Crippen MR) is 58.0 cm³/mol. The molecular weight excluding hydrogens is 174 g/mol. The Kier molecular flexibility index (Phi) is 2.89. The van der Waals surface area contributed by atoms with Gasteiger partial charge in [0.15, 0.2) is 0 Å². The van der Waals surface area contributed by atoms with E-state index >= 15 is 0 Å². The molecule has 0 aromatic carbocycles. The first kappa shape index (κ1) is 9.74. The zero-order valence-electron chi connectivity index (χ0n) is 8.74. The molecule has 0 aliphatic carbocycles. The number of hydrogen-bond donors (Lipinski definition) is 2. The average Bonchev–Trinajstić information content (AvgIpc) is 2.69. The third kappa shape index (κ3) is 1.99. The molecule has 3 heteroatoms. The molecule has 2 heterocycles. The fourth-order valence-corrected chi connectivity index (χ4v) is 2.19. The number of nitrogens with one attached hydrogen (secondary N) is 1. The third-order valence-corrected chi connectivity index (χ3v) is 3.11. The minimum Gasteiger partial charge on any atom is -0.364 e.